The molecule has 0 aliphatic rings. The molecule has 0 N–H and O–H groups in total. The fourth-order valence-corrected chi connectivity index (χ4v) is 3.29. The SMILES string of the molecule is CC(C)[C@H](C(=O)Oc1ccccc1C(C)(C)C)c1ccsc1. The molecule has 1 atom stereocenters. The maximum Gasteiger partial charge on any atom is 0.319 e. The lowest BCUT2D eigenvalue weighted by atomic mass is 9.86. The van der Waals surface area contributed by atoms with Gasteiger partial charge in [0.1, 0.15) is 5.75 Å². The average molecular weight is 316 g/mol. The fraction of sp³-hybridized carbons (Fsp3) is 0.421. The third kappa shape index (κ3) is 3.77. The van der Waals surface area contributed by atoms with E-state index in [1.807, 2.05) is 41.1 Å². The highest BCUT2D eigenvalue weighted by atomic mass is 32.1. The first-order valence-corrected chi connectivity index (χ1v) is 8.58. The van der Waals surface area contributed by atoms with Gasteiger partial charge in [-0.3, -0.25) is 4.79 Å². The molecule has 0 fully saturated rings. The molecule has 2 rings (SSSR count). The summed E-state index contributed by atoms with van der Waals surface area (Å²) < 4.78 is 5.78. The van der Waals surface area contributed by atoms with Crippen molar-refractivity contribution in [1.82, 2.24) is 0 Å². The number of benzene rings is 1. The van der Waals surface area contributed by atoms with Gasteiger partial charge in [0.05, 0.1) is 5.92 Å². The van der Waals surface area contributed by atoms with E-state index in [0.717, 1.165) is 11.1 Å². The molecular weight excluding hydrogens is 292 g/mol. The molecule has 1 aromatic heterocycles. The molecule has 0 saturated heterocycles. The van der Waals surface area contributed by atoms with Crippen molar-refractivity contribution in [1.29, 1.82) is 0 Å². The van der Waals surface area contributed by atoms with Crippen LogP contribution >= 0.6 is 11.3 Å². The molecule has 2 aromatic rings. The van der Waals surface area contributed by atoms with Gasteiger partial charge >= 0.3 is 5.97 Å². The highest BCUT2D eigenvalue weighted by molar-refractivity contribution is 7.08. The molecule has 0 spiro atoms. The molecule has 22 heavy (non-hydrogen) atoms. The highest BCUT2D eigenvalue weighted by Crippen LogP contribution is 2.33. The zero-order valence-corrected chi connectivity index (χ0v) is 14.7. The van der Waals surface area contributed by atoms with Crippen LogP contribution in [0.3, 0.4) is 0 Å². The second-order valence-corrected chi connectivity index (χ2v) is 7.73. The first-order valence-electron chi connectivity index (χ1n) is 7.64. The van der Waals surface area contributed by atoms with Gasteiger partial charge in [-0.25, -0.2) is 0 Å². The Morgan fingerprint density at radius 2 is 1.82 bits per heavy atom. The van der Waals surface area contributed by atoms with Crippen LogP contribution in [0.2, 0.25) is 0 Å². The molecule has 0 bridgehead atoms. The van der Waals surface area contributed by atoms with Crippen molar-refractivity contribution in [3.05, 3.63) is 52.2 Å². The summed E-state index contributed by atoms with van der Waals surface area (Å²) in [5.74, 6) is 0.467. The van der Waals surface area contributed by atoms with Crippen molar-refractivity contribution < 1.29 is 9.53 Å². The van der Waals surface area contributed by atoms with E-state index in [9.17, 15) is 4.79 Å². The number of rotatable bonds is 4. The van der Waals surface area contributed by atoms with E-state index in [1.165, 1.54) is 0 Å². The Hall–Kier alpha value is -1.61. The van der Waals surface area contributed by atoms with Crippen LogP contribution in [0, 0.1) is 5.92 Å². The molecule has 1 aromatic carbocycles. The second kappa shape index (κ2) is 6.66. The zero-order valence-electron chi connectivity index (χ0n) is 13.9. The standard InChI is InChI=1S/C19H24O2S/c1-13(2)17(14-10-11-22-12-14)18(20)21-16-9-7-6-8-15(16)19(3,4)5/h6-13,17H,1-5H3/t17-/m0/s1. The quantitative estimate of drug-likeness (QED) is 0.558. The number of carbonyl (C=O) groups is 1. The minimum Gasteiger partial charge on any atom is -0.426 e. The van der Waals surface area contributed by atoms with Crippen molar-refractivity contribution in [3.63, 3.8) is 0 Å². The lowest BCUT2D eigenvalue weighted by molar-refractivity contribution is -0.137. The molecule has 2 nitrogen and oxygen atoms in total. The predicted octanol–water partition coefficient (Wildman–Crippen LogP) is 5.39. The van der Waals surface area contributed by atoms with E-state index in [4.69, 9.17) is 4.74 Å². The number of hydrogen-bond acceptors (Lipinski definition) is 3. The van der Waals surface area contributed by atoms with Crippen LogP contribution in [-0.2, 0) is 10.2 Å². The number of carbonyl (C=O) groups excluding carboxylic acids is 1. The summed E-state index contributed by atoms with van der Waals surface area (Å²) in [6, 6.07) is 9.80. The maximum absolute atomic E-state index is 12.7. The molecule has 3 heteroatoms. The minimum absolute atomic E-state index is 0.0629. The van der Waals surface area contributed by atoms with Crippen LogP contribution in [-0.4, -0.2) is 5.97 Å². The number of hydrogen-bond donors (Lipinski definition) is 0. The minimum atomic E-state index is -0.223. The molecule has 1 heterocycles. The Morgan fingerprint density at radius 1 is 1.14 bits per heavy atom. The van der Waals surface area contributed by atoms with Crippen LogP contribution < -0.4 is 4.74 Å². The number of thiophene rings is 1. The molecular formula is C19H24O2S. The Balaban J connectivity index is 2.29. The second-order valence-electron chi connectivity index (χ2n) is 6.95. The number of esters is 1. The maximum atomic E-state index is 12.7. The van der Waals surface area contributed by atoms with Gasteiger partial charge in [0, 0.05) is 5.56 Å². The molecule has 0 saturated carbocycles. The largest absolute Gasteiger partial charge is 0.426 e. The highest BCUT2D eigenvalue weighted by Gasteiger charge is 2.28. The normalized spacial score (nSPS) is 13.2. The first-order chi connectivity index (χ1) is 10.3. The van der Waals surface area contributed by atoms with Crippen molar-refractivity contribution >= 4 is 17.3 Å². The van der Waals surface area contributed by atoms with E-state index < -0.39 is 0 Å². The van der Waals surface area contributed by atoms with Gasteiger partial charge in [-0.2, -0.15) is 11.3 Å². The monoisotopic (exact) mass is 316 g/mol. The summed E-state index contributed by atoms with van der Waals surface area (Å²) in [5.41, 5.74) is 2.03. The van der Waals surface area contributed by atoms with Gasteiger partial charge in [0.15, 0.2) is 0 Å². The predicted molar refractivity (Wildman–Crippen MR) is 92.7 cm³/mol. The number of para-hydroxylation sites is 1. The molecule has 0 amide bonds. The Morgan fingerprint density at radius 3 is 2.36 bits per heavy atom. The third-order valence-electron chi connectivity index (χ3n) is 3.73. The van der Waals surface area contributed by atoms with Gasteiger partial charge in [-0.05, 0) is 39.8 Å². The molecule has 0 radical (unpaired) electrons. The van der Waals surface area contributed by atoms with Crippen LogP contribution in [0.1, 0.15) is 51.7 Å². The third-order valence-corrected chi connectivity index (χ3v) is 4.43. The Kier molecular flexibility index (Phi) is 5.07. The average Bonchev–Trinajstić information content (AvgIpc) is 2.91. The Bertz CT molecular complexity index is 621. The van der Waals surface area contributed by atoms with E-state index in [0.29, 0.717) is 5.75 Å². The first kappa shape index (κ1) is 16.8. The molecule has 0 aliphatic carbocycles. The smallest absolute Gasteiger partial charge is 0.319 e. The number of ether oxygens (including phenoxy) is 1. The summed E-state index contributed by atoms with van der Waals surface area (Å²) in [4.78, 5) is 12.7. The lowest BCUT2D eigenvalue weighted by Gasteiger charge is -2.24. The topological polar surface area (TPSA) is 26.3 Å². The summed E-state index contributed by atoms with van der Waals surface area (Å²) in [6.07, 6.45) is 0. The van der Waals surface area contributed by atoms with Gasteiger partial charge in [0.25, 0.3) is 0 Å². The summed E-state index contributed by atoms with van der Waals surface area (Å²) >= 11 is 1.61. The van der Waals surface area contributed by atoms with Gasteiger partial charge in [0.2, 0.25) is 0 Å². The van der Waals surface area contributed by atoms with Crippen LogP contribution in [0.25, 0.3) is 0 Å². The summed E-state index contributed by atoms with van der Waals surface area (Å²) in [5, 5.41) is 4.03. The van der Waals surface area contributed by atoms with E-state index in [1.54, 1.807) is 11.3 Å². The van der Waals surface area contributed by atoms with Gasteiger partial charge in [-0.15, -0.1) is 0 Å². The lowest BCUT2D eigenvalue weighted by Crippen LogP contribution is -2.24. The van der Waals surface area contributed by atoms with Crippen molar-refractivity contribution in [3.8, 4) is 5.75 Å². The summed E-state index contributed by atoms with van der Waals surface area (Å²) in [7, 11) is 0. The van der Waals surface area contributed by atoms with Gasteiger partial charge in [-0.1, -0.05) is 52.8 Å². The van der Waals surface area contributed by atoms with E-state index in [2.05, 4.69) is 34.6 Å². The summed E-state index contributed by atoms with van der Waals surface area (Å²) in [6.45, 7) is 10.5. The van der Waals surface area contributed by atoms with Gasteiger partial charge < -0.3 is 4.74 Å². The fourth-order valence-electron chi connectivity index (χ4n) is 2.59. The van der Waals surface area contributed by atoms with Crippen molar-refractivity contribution in [2.75, 3.05) is 0 Å². The molecule has 0 unspecified atom stereocenters. The van der Waals surface area contributed by atoms with E-state index >= 15 is 0 Å². The zero-order chi connectivity index (χ0) is 16.3. The van der Waals surface area contributed by atoms with Crippen molar-refractivity contribution in [2.24, 2.45) is 5.92 Å². The van der Waals surface area contributed by atoms with Crippen LogP contribution in [0.5, 0.6) is 5.75 Å². The van der Waals surface area contributed by atoms with Crippen molar-refractivity contribution in [2.45, 2.75) is 46.0 Å². The van der Waals surface area contributed by atoms with E-state index in [-0.39, 0.29) is 23.2 Å². The van der Waals surface area contributed by atoms with Crippen LogP contribution in [0.15, 0.2) is 41.1 Å². The molecule has 0 aliphatic heterocycles. The Labute approximate surface area is 137 Å². The molecule has 118 valence electrons. The van der Waals surface area contributed by atoms with Crippen LogP contribution in [0.4, 0.5) is 0 Å².